The monoisotopic (exact) mass is 279 g/mol. The van der Waals surface area contributed by atoms with Crippen molar-refractivity contribution >= 4 is 11.9 Å². The van der Waals surface area contributed by atoms with Crippen molar-refractivity contribution in [2.75, 3.05) is 6.54 Å². The molecule has 20 heavy (non-hydrogen) atoms. The van der Waals surface area contributed by atoms with E-state index in [0.717, 1.165) is 19.4 Å². The van der Waals surface area contributed by atoms with Crippen molar-refractivity contribution in [1.82, 2.24) is 14.9 Å². The predicted molar refractivity (Wildman–Crippen MR) is 72.9 cm³/mol. The van der Waals surface area contributed by atoms with Crippen molar-refractivity contribution in [1.29, 1.82) is 0 Å². The van der Waals surface area contributed by atoms with Gasteiger partial charge in [-0.3, -0.25) is 9.59 Å². The van der Waals surface area contributed by atoms with E-state index in [4.69, 9.17) is 5.11 Å². The Balaban J connectivity index is 1.57. The van der Waals surface area contributed by atoms with Crippen LogP contribution in [0.5, 0.6) is 0 Å². The molecule has 110 valence electrons. The first-order valence-corrected chi connectivity index (χ1v) is 7.13. The molecule has 2 rings (SSSR count). The minimum Gasteiger partial charge on any atom is -0.481 e. The maximum absolute atomic E-state index is 11.9. The van der Waals surface area contributed by atoms with E-state index in [0.29, 0.717) is 25.8 Å². The summed E-state index contributed by atoms with van der Waals surface area (Å²) >= 11 is 0. The Morgan fingerprint density at radius 2 is 2.10 bits per heavy atom. The molecule has 0 spiro atoms. The molecule has 1 aliphatic carbocycles. The standard InChI is InChI=1S/C14H21N3O3/c18-13(11-3-4-12(9-11)14(19)20)16-5-1-2-7-17-8-6-15-10-17/h6,8,10-12H,1-5,7,9H2,(H,16,18)(H,19,20)/t11-,12+/m1/s1. The van der Waals surface area contributed by atoms with Crippen molar-refractivity contribution in [2.45, 2.75) is 38.6 Å². The van der Waals surface area contributed by atoms with Gasteiger partial charge in [0.05, 0.1) is 12.2 Å². The molecule has 6 nitrogen and oxygen atoms in total. The van der Waals surface area contributed by atoms with E-state index in [1.54, 1.807) is 12.5 Å². The first-order valence-electron chi connectivity index (χ1n) is 7.13. The molecule has 1 aromatic heterocycles. The molecule has 1 amide bonds. The van der Waals surface area contributed by atoms with Crippen molar-refractivity contribution < 1.29 is 14.7 Å². The van der Waals surface area contributed by atoms with Gasteiger partial charge in [-0.2, -0.15) is 0 Å². The van der Waals surface area contributed by atoms with E-state index in [1.165, 1.54) is 0 Å². The number of carbonyl (C=O) groups excluding carboxylic acids is 1. The maximum Gasteiger partial charge on any atom is 0.306 e. The van der Waals surface area contributed by atoms with Crippen LogP contribution in [0.25, 0.3) is 0 Å². The Hall–Kier alpha value is -1.85. The second-order valence-corrected chi connectivity index (χ2v) is 5.34. The topological polar surface area (TPSA) is 84.2 Å². The van der Waals surface area contributed by atoms with Gasteiger partial charge in [-0.25, -0.2) is 4.98 Å². The van der Waals surface area contributed by atoms with Gasteiger partial charge in [-0.15, -0.1) is 0 Å². The Kier molecular flexibility index (Phi) is 5.15. The molecule has 0 aromatic carbocycles. The number of aryl methyl sites for hydroxylation is 1. The molecule has 1 aliphatic rings. The summed E-state index contributed by atoms with van der Waals surface area (Å²) in [7, 11) is 0. The number of rotatable bonds is 7. The predicted octanol–water partition coefficient (Wildman–Crippen LogP) is 1.28. The van der Waals surface area contributed by atoms with Crippen LogP contribution in [-0.4, -0.2) is 33.1 Å². The lowest BCUT2D eigenvalue weighted by Crippen LogP contribution is -2.30. The van der Waals surface area contributed by atoms with Crippen LogP contribution in [0.15, 0.2) is 18.7 Å². The molecule has 0 radical (unpaired) electrons. The number of hydrogen-bond donors (Lipinski definition) is 2. The summed E-state index contributed by atoms with van der Waals surface area (Å²) in [5.74, 6) is -1.23. The number of hydrogen-bond acceptors (Lipinski definition) is 3. The number of carboxylic acid groups (broad SMARTS) is 1. The number of aliphatic carboxylic acids is 1. The molecule has 0 bridgehead atoms. The third-order valence-corrected chi connectivity index (χ3v) is 3.85. The van der Waals surface area contributed by atoms with Crippen molar-refractivity contribution in [3.63, 3.8) is 0 Å². The summed E-state index contributed by atoms with van der Waals surface area (Å²) in [5.41, 5.74) is 0. The van der Waals surface area contributed by atoms with Crippen LogP contribution in [0, 0.1) is 11.8 Å². The third kappa shape index (κ3) is 4.08. The molecule has 0 aliphatic heterocycles. The number of carboxylic acids is 1. The summed E-state index contributed by atoms with van der Waals surface area (Å²) < 4.78 is 2.01. The summed E-state index contributed by atoms with van der Waals surface area (Å²) in [6, 6.07) is 0. The molecule has 1 heterocycles. The molecule has 1 aromatic rings. The second kappa shape index (κ2) is 7.07. The molecule has 0 saturated heterocycles. The first-order chi connectivity index (χ1) is 9.66. The van der Waals surface area contributed by atoms with Crippen LogP contribution in [0.1, 0.15) is 32.1 Å². The highest BCUT2D eigenvalue weighted by Gasteiger charge is 2.33. The van der Waals surface area contributed by atoms with E-state index >= 15 is 0 Å². The summed E-state index contributed by atoms with van der Waals surface area (Å²) in [6.07, 6.45) is 9.15. The van der Waals surface area contributed by atoms with E-state index in [1.807, 2.05) is 10.8 Å². The molecule has 1 fully saturated rings. The minimum absolute atomic E-state index is 0.0105. The number of unbranched alkanes of at least 4 members (excludes halogenated alkanes) is 1. The van der Waals surface area contributed by atoms with E-state index in [9.17, 15) is 9.59 Å². The number of amides is 1. The second-order valence-electron chi connectivity index (χ2n) is 5.34. The zero-order chi connectivity index (χ0) is 14.4. The Morgan fingerprint density at radius 3 is 2.75 bits per heavy atom. The molecule has 2 N–H and O–H groups in total. The van der Waals surface area contributed by atoms with Gasteiger partial charge >= 0.3 is 5.97 Å². The van der Waals surface area contributed by atoms with Gasteiger partial charge in [0.25, 0.3) is 0 Å². The fourth-order valence-corrected chi connectivity index (χ4v) is 2.64. The SMILES string of the molecule is O=C(O)[C@H]1CC[C@@H](C(=O)NCCCCn2ccnc2)C1. The molecule has 6 heteroatoms. The summed E-state index contributed by atoms with van der Waals surface area (Å²) in [6.45, 7) is 1.56. The fourth-order valence-electron chi connectivity index (χ4n) is 2.64. The Labute approximate surface area is 118 Å². The van der Waals surface area contributed by atoms with Crippen LogP contribution in [0.3, 0.4) is 0 Å². The van der Waals surface area contributed by atoms with Crippen molar-refractivity contribution in [2.24, 2.45) is 11.8 Å². The fraction of sp³-hybridized carbons (Fsp3) is 0.643. The van der Waals surface area contributed by atoms with E-state index in [2.05, 4.69) is 10.3 Å². The molecule has 0 unspecified atom stereocenters. The summed E-state index contributed by atoms with van der Waals surface area (Å²) in [5, 5.41) is 11.8. The minimum atomic E-state index is -0.777. The van der Waals surface area contributed by atoms with Gasteiger partial charge < -0.3 is 15.0 Å². The highest BCUT2D eigenvalue weighted by atomic mass is 16.4. The molecule has 1 saturated carbocycles. The quantitative estimate of drug-likeness (QED) is 0.736. The van der Waals surface area contributed by atoms with Crippen LogP contribution in [0.4, 0.5) is 0 Å². The zero-order valence-electron chi connectivity index (χ0n) is 11.5. The van der Waals surface area contributed by atoms with Crippen molar-refractivity contribution in [3.8, 4) is 0 Å². The van der Waals surface area contributed by atoms with Gasteiger partial charge in [0.15, 0.2) is 0 Å². The first kappa shape index (κ1) is 14.6. The maximum atomic E-state index is 11.9. The zero-order valence-corrected chi connectivity index (χ0v) is 11.5. The van der Waals surface area contributed by atoms with E-state index < -0.39 is 5.97 Å². The largest absolute Gasteiger partial charge is 0.481 e. The smallest absolute Gasteiger partial charge is 0.306 e. The molecular formula is C14H21N3O3. The average Bonchev–Trinajstić information content (AvgIpc) is 3.09. The number of aromatic nitrogens is 2. The van der Waals surface area contributed by atoms with Crippen molar-refractivity contribution in [3.05, 3.63) is 18.7 Å². The highest BCUT2D eigenvalue weighted by Crippen LogP contribution is 2.31. The van der Waals surface area contributed by atoms with Crippen LogP contribution < -0.4 is 5.32 Å². The number of carbonyl (C=O) groups is 2. The third-order valence-electron chi connectivity index (χ3n) is 3.85. The Bertz CT molecular complexity index is 445. The normalized spacial score (nSPS) is 21.8. The van der Waals surface area contributed by atoms with Gasteiger partial charge in [0.2, 0.25) is 5.91 Å². The van der Waals surface area contributed by atoms with Crippen LogP contribution >= 0.6 is 0 Å². The lowest BCUT2D eigenvalue weighted by atomic mass is 10.0. The lowest BCUT2D eigenvalue weighted by Gasteiger charge is -2.10. The highest BCUT2D eigenvalue weighted by molar-refractivity contribution is 5.80. The summed E-state index contributed by atoms with van der Waals surface area (Å²) in [4.78, 5) is 26.7. The molecule has 2 atom stereocenters. The van der Waals surface area contributed by atoms with Gasteiger partial charge in [0, 0.05) is 31.4 Å². The van der Waals surface area contributed by atoms with E-state index in [-0.39, 0.29) is 17.7 Å². The van der Waals surface area contributed by atoms with Gasteiger partial charge in [0.1, 0.15) is 0 Å². The van der Waals surface area contributed by atoms with Crippen LogP contribution in [-0.2, 0) is 16.1 Å². The number of nitrogens with one attached hydrogen (secondary N) is 1. The molecular weight excluding hydrogens is 258 g/mol. The number of imidazole rings is 1. The number of nitrogens with zero attached hydrogens (tertiary/aromatic N) is 2. The Morgan fingerprint density at radius 1 is 1.30 bits per heavy atom. The van der Waals surface area contributed by atoms with Gasteiger partial charge in [-0.05, 0) is 32.1 Å². The van der Waals surface area contributed by atoms with Crippen LogP contribution in [0.2, 0.25) is 0 Å². The van der Waals surface area contributed by atoms with Gasteiger partial charge in [-0.1, -0.05) is 0 Å². The average molecular weight is 279 g/mol. The lowest BCUT2D eigenvalue weighted by molar-refractivity contribution is -0.141.